The van der Waals surface area contributed by atoms with Gasteiger partial charge in [0.2, 0.25) is 0 Å². The molecule has 0 bridgehead atoms. The Morgan fingerprint density at radius 2 is 1.33 bits per heavy atom. The monoisotopic (exact) mass is 307 g/mol. The highest BCUT2D eigenvalue weighted by Gasteiger charge is 2.22. The molecule has 2 rings (SSSR count). The second kappa shape index (κ2) is 5.86. The molecule has 0 radical (unpaired) electrons. The number of nitrogens with zero attached hydrogens (tertiary/aromatic N) is 1. The molecule has 0 unspecified atom stereocenters. The SMILES string of the molecule is Cc1ccc(N(c2ccc(B(O)O)cc2)S(=O)(=O)O)cc1. The molecule has 21 heavy (non-hydrogen) atoms. The van der Waals surface area contributed by atoms with Crippen LogP contribution >= 0.6 is 0 Å². The number of benzene rings is 2. The van der Waals surface area contributed by atoms with Crippen LogP contribution in [0.3, 0.4) is 0 Å². The highest BCUT2D eigenvalue weighted by Crippen LogP contribution is 2.27. The number of hydrogen-bond donors (Lipinski definition) is 3. The van der Waals surface area contributed by atoms with Crippen molar-refractivity contribution in [2.24, 2.45) is 0 Å². The summed E-state index contributed by atoms with van der Waals surface area (Å²) in [7, 11) is -6.15. The molecule has 0 amide bonds. The molecule has 6 nitrogen and oxygen atoms in total. The molecule has 0 heterocycles. The van der Waals surface area contributed by atoms with Gasteiger partial charge in [-0.05, 0) is 36.7 Å². The summed E-state index contributed by atoms with van der Waals surface area (Å²) in [5.74, 6) is 0. The summed E-state index contributed by atoms with van der Waals surface area (Å²) in [6.07, 6.45) is 0. The third-order valence-corrected chi connectivity index (χ3v) is 3.81. The topological polar surface area (TPSA) is 98.1 Å². The maximum absolute atomic E-state index is 11.6. The van der Waals surface area contributed by atoms with Crippen molar-refractivity contribution in [1.29, 1.82) is 0 Å². The van der Waals surface area contributed by atoms with Gasteiger partial charge in [0, 0.05) is 0 Å². The quantitative estimate of drug-likeness (QED) is 0.568. The molecule has 0 fully saturated rings. The van der Waals surface area contributed by atoms with Crippen molar-refractivity contribution in [3.8, 4) is 0 Å². The van der Waals surface area contributed by atoms with Crippen LogP contribution < -0.4 is 9.77 Å². The lowest BCUT2D eigenvalue weighted by Gasteiger charge is -2.21. The third-order valence-electron chi connectivity index (χ3n) is 2.92. The lowest BCUT2D eigenvalue weighted by molar-refractivity contribution is 0.426. The molecule has 0 saturated carbocycles. The van der Waals surface area contributed by atoms with E-state index < -0.39 is 17.4 Å². The molecule has 0 saturated heterocycles. The lowest BCUT2D eigenvalue weighted by Crippen LogP contribution is -2.30. The number of anilines is 2. The maximum Gasteiger partial charge on any atom is 0.488 e. The second-order valence-electron chi connectivity index (χ2n) is 4.54. The largest absolute Gasteiger partial charge is 0.488 e. The molecule has 2 aromatic rings. The summed E-state index contributed by atoms with van der Waals surface area (Å²) >= 11 is 0. The van der Waals surface area contributed by atoms with E-state index in [9.17, 15) is 13.0 Å². The van der Waals surface area contributed by atoms with Crippen LogP contribution in [0.15, 0.2) is 48.5 Å². The minimum Gasteiger partial charge on any atom is -0.423 e. The van der Waals surface area contributed by atoms with Gasteiger partial charge in [0.1, 0.15) is 0 Å². The molecule has 110 valence electrons. The molecule has 3 N–H and O–H groups in total. The van der Waals surface area contributed by atoms with Gasteiger partial charge in [-0.1, -0.05) is 29.8 Å². The minimum absolute atomic E-state index is 0.186. The standard InChI is InChI=1S/C13H14BNO5S/c1-10-2-6-12(7-3-10)15(21(18,19)20)13-8-4-11(5-9-13)14(16)17/h2-9,16-17H,1H3,(H,18,19,20). The zero-order valence-corrected chi connectivity index (χ0v) is 12.0. The summed E-state index contributed by atoms with van der Waals surface area (Å²) < 4.78 is 33.4. The van der Waals surface area contributed by atoms with E-state index in [0.29, 0.717) is 0 Å². The Morgan fingerprint density at radius 1 is 0.905 bits per heavy atom. The van der Waals surface area contributed by atoms with Gasteiger partial charge in [0.25, 0.3) is 0 Å². The first-order valence-electron chi connectivity index (χ1n) is 6.09. The normalized spacial score (nSPS) is 11.2. The highest BCUT2D eigenvalue weighted by atomic mass is 32.2. The summed E-state index contributed by atoms with van der Waals surface area (Å²) in [4.78, 5) is 0. The number of rotatable bonds is 4. The molecule has 0 aromatic heterocycles. The van der Waals surface area contributed by atoms with Crippen LogP contribution in [0.2, 0.25) is 0 Å². The summed E-state index contributed by atoms with van der Waals surface area (Å²) in [5.41, 5.74) is 1.64. The Hall–Kier alpha value is -1.87. The highest BCUT2D eigenvalue weighted by molar-refractivity contribution is 7.87. The fourth-order valence-electron chi connectivity index (χ4n) is 1.88. The van der Waals surface area contributed by atoms with Crippen molar-refractivity contribution in [2.75, 3.05) is 4.31 Å². The van der Waals surface area contributed by atoms with Crippen LogP contribution in [0.1, 0.15) is 5.56 Å². The van der Waals surface area contributed by atoms with Crippen LogP contribution in [0.5, 0.6) is 0 Å². The number of hydrogen-bond acceptors (Lipinski definition) is 4. The van der Waals surface area contributed by atoms with E-state index in [1.54, 1.807) is 24.3 Å². The van der Waals surface area contributed by atoms with Gasteiger partial charge in [0.05, 0.1) is 11.4 Å². The van der Waals surface area contributed by atoms with Gasteiger partial charge < -0.3 is 10.0 Å². The maximum atomic E-state index is 11.6. The van der Waals surface area contributed by atoms with E-state index in [2.05, 4.69) is 0 Å². The van der Waals surface area contributed by atoms with Crippen molar-refractivity contribution < 1.29 is 23.0 Å². The molecular weight excluding hydrogens is 293 g/mol. The molecule has 0 aliphatic rings. The fourth-order valence-corrected chi connectivity index (χ4v) is 2.65. The molecule has 2 aromatic carbocycles. The summed E-state index contributed by atoms with van der Waals surface area (Å²) in [5, 5.41) is 18.1. The zero-order chi connectivity index (χ0) is 15.6. The number of aryl methyl sites for hydroxylation is 1. The molecule has 0 aliphatic carbocycles. The van der Waals surface area contributed by atoms with Crippen molar-refractivity contribution in [1.82, 2.24) is 0 Å². The van der Waals surface area contributed by atoms with E-state index in [1.165, 1.54) is 24.3 Å². The van der Waals surface area contributed by atoms with Gasteiger partial charge in [-0.15, -0.1) is 0 Å². The summed E-state index contributed by atoms with van der Waals surface area (Å²) in [6, 6.07) is 12.1. The molecule has 0 atom stereocenters. The smallest absolute Gasteiger partial charge is 0.423 e. The van der Waals surface area contributed by atoms with E-state index >= 15 is 0 Å². The van der Waals surface area contributed by atoms with Crippen molar-refractivity contribution in [3.05, 3.63) is 54.1 Å². The average Bonchev–Trinajstić information content (AvgIpc) is 2.40. The van der Waals surface area contributed by atoms with E-state index in [4.69, 9.17) is 10.0 Å². The van der Waals surface area contributed by atoms with Gasteiger partial charge in [-0.2, -0.15) is 8.42 Å². The van der Waals surface area contributed by atoms with Crippen LogP contribution in [-0.2, 0) is 10.3 Å². The molecule has 0 spiro atoms. The third kappa shape index (κ3) is 3.62. The summed E-state index contributed by atoms with van der Waals surface area (Å²) in [6.45, 7) is 1.86. The minimum atomic E-state index is -4.51. The van der Waals surface area contributed by atoms with Gasteiger partial charge >= 0.3 is 17.4 Å². The van der Waals surface area contributed by atoms with Crippen molar-refractivity contribution in [3.63, 3.8) is 0 Å². The fraction of sp³-hybridized carbons (Fsp3) is 0.0769. The van der Waals surface area contributed by atoms with Gasteiger partial charge in [-0.3, -0.25) is 4.55 Å². The Bertz CT molecular complexity index is 713. The second-order valence-corrected chi connectivity index (χ2v) is 5.80. The predicted octanol–water partition coefficient (Wildman–Crippen LogP) is 0.616. The van der Waals surface area contributed by atoms with Crippen molar-refractivity contribution in [2.45, 2.75) is 6.92 Å². The predicted molar refractivity (Wildman–Crippen MR) is 81.1 cm³/mol. The van der Waals surface area contributed by atoms with E-state index in [-0.39, 0.29) is 16.8 Å². The van der Waals surface area contributed by atoms with Gasteiger partial charge in [-0.25, -0.2) is 4.31 Å². The average molecular weight is 307 g/mol. The first-order chi connectivity index (χ1) is 9.79. The van der Waals surface area contributed by atoms with Gasteiger partial charge in [0.15, 0.2) is 0 Å². The Kier molecular flexibility index (Phi) is 4.33. The zero-order valence-electron chi connectivity index (χ0n) is 11.2. The van der Waals surface area contributed by atoms with Crippen molar-refractivity contribution >= 4 is 34.3 Å². The van der Waals surface area contributed by atoms with Crippen LogP contribution in [0.4, 0.5) is 11.4 Å². The van der Waals surface area contributed by atoms with Crippen LogP contribution in [-0.4, -0.2) is 30.1 Å². The van der Waals surface area contributed by atoms with Crippen LogP contribution in [0, 0.1) is 6.92 Å². The molecule has 8 heteroatoms. The lowest BCUT2D eigenvalue weighted by atomic mass is 9.80. The Balaban J connectivity index is 2.49. The van der Waals surface area contributed by atoms with Crippen LogP contribution in [0.25, 0.3) is 0 Å². The first kappa shape index (κ1) is 15.5. The van der Waals surface area contributed by atoms with E-state index in [1.807, 2.05) is 6.92 Å². The first-order valence-corrected chi connectivity index (χ1v) is 7.49. The van der Waals surface area contributed by atoms with E-state index in [0.717, 1.165) is 9.87 Å². The molecular formula is C13H14BNO5S. The molecule has 0 aliphatic heterocycles. The Labute approximate surface area is 123 Å². The Morgan fingerprint density at radius 3 is 1.71 bits per heavy atom.